The van der Waals surface area contributed by atoms with Gasteiger partial charge in [-0.1, -0.05) is 17.7 Å². The second kappa shape index (κ2) is 6.54. The standard InChI is InChI=1S/C17H14ClN3O2/c1-11-4-5-12(18)9-14(11)21-16-7-6-13(10-19-16)20-17(22)15-3-2-8-23-15/h2-10H,1H3,(H,19,21)(H,20,22). The molecule has 116 valence electrons. The predicted octanol–water partition coefficient (Wildman–Crippen LogP) is 4.63. The van der Waals surface area contributed by atoms with Crippen molar-refractivity contribution in [3.63, 3.8) is 0 Å². The Morgan fingerprint density at radius 3 is 2.78 bits per heavy atom. The third-order valence-electron chi connectivity index (χ3n) is 3.23. The van der Waals surface area contributed by atoms with E-state index >= 15 is 0 Å². The van der Waals surface area contributed by atoms with Crippen LogP contribution in [0.15, 0.2) is 59.3 Å². The molecule has 3 rings (SSSR count). The predicted molar refractivity (Wildman–Crippen MR) is 90.4 cm³/mol. The van der Waals surface area contributed by atoms with Gasteiger partial charge in [-0.05, 0) is 48.9 Å². The van der Waals surface area contributed by atoms with Gasteiger partial charge < -0.3 is 15.1 Å². The number of pyridine rings is 1. The highest BCUT2D eigenvalue weighted by molar-refractivity contribution is 6.30. The zero-order valence-corrected chi connectivity index (χ0v) is 13.1. The van der Waals surface area contributed by atoms with Gasteiger partial charge in [0.1, 0.15) is 5.82 Å². The van der Waals surface area contributed by atoms with Crippen molar-refractivity contribution in [1.82, 2.24) is 4.98 Å². The van der Waals surface area contributed by atoms with Crippen LogP contribution in [0.25, 0.3) is 0 Å². The Hall–Kier alpha value is -2.79. The number of aromatic nitrogens is 1. The van der Waals surface area contributed by atoms with Crippen molar-refractivity contribution in [3.8, 4) is 0 Å². The Kier molecular flexibility index (Phi) is 4.30. The van der Waals surface area contributed by atoms with E-state index in [0.717, 1.165) is 11.3 Å². The number of hydrogen-bond donors (Lipinski definition) is 2. The second-order valence-corrected chi connectivity index (χ2v) is 5.38. The number of nitrogens with zero attached hydrogens (tertiary/aromatic N) is 1. The van der Waals surface area contributed by atoms with Gasteiger partial charge in [0.25, 0.3) is 5.91 Å². The number of benzene rings is 1. The van der Waals surface area contributed by atoms with E-state index in [4.69, 9.17) is 16.0 Å². The first kappa shape index (κ1) is 15.1. The number of aryl methyl sites for hydroxylation is 1. The molecule has 3 aromatic rings. The molecule has 0 saturated carbocycles. The molecule has 6 heteroatoms. The molecule has 0 saturated heterocycles. The number of nitrogens with one attached hydrogen (secondary N) is 2. The molecule has 0 bridgehead atoms. The van der Waals surface area contributed by atoms with E-state index in [9.17, 15) is 4.79 Å². The lowest BCUT2D eigenvalue weighted by Gasteiger charge is -2.10. The molecule has 1 amide bonds. The minimum absolute atomic E-state index is 0.252. The highest BCUT2D eigenvalue weighted by atomic mass is 35.5. The number of carbonyl (C=O) groups excluding carboxylic acids is 1. The van der Waals surface area contributed by atoms with Gasteiger partial charge in [-0.25, -0.2) is 4.98 Å². The first-order chi connectivity index (χ1) is 11.1. The van der Waals surface area contributed by atoms with E-state index < -0.39 is 0 Å². The van der Waals surface area contributed by atoms with Gasteiger partial charge in [0, 0.05) is 10.7 Å². The monoisotopic (exact) mass is 327 g/mol. The van der Waals surface area contributed by atoms with Crippen LogP contribution >= 0.6 is 11.6 Å². The zero-order valence-electron chi connectivity index (χ0n) is 12.3. The van der Waals surface area contributed by atoms with Crippen LogP contribution < -0.4 is 10.6 Å². The Bertz CT molecular complexity index is 814. The lowest BCUT2D eigenvalue weighted by Crippen LogP contribution is -2.11. The van der Waals surface area contributed by atoms with Crippen LogP contribution in [0.4, 0.5) is 17.2 Å². The fourth-order valence-corrected chi connectivity index (χ4v) is 2.18. The molecule has 0 atom stereocenters. The van der Waals surface area contributed by atoms with Crippen LogP contribution in [-0.4, -0.2) is 10.9 Å². The third-order valence-corrected chi connectivity index (χ3v) is 3.46. The smallest absolute Gasteiger partial charge is 0.291 e. The molecule has 0 radical (unpaired) electrons. The molecule has 0 aliphatic rings. The fraction of sp³-hybridized carbons (Fsp3) is 0.0588. The van der Waals surface area contributed by atoms with Gasteiger partial charge in [-0.15, -0.1) is 0 Å². The molecule has 2 N–H and O–H groups in total. The summed E-state index contributed by atoms with van der Waals surface area (Å²) >= 11 is 6.00. The van der Waals surface area contributed by atoms with Crippen LogP contribution in [0.3, 0.4) is 0 Å². The van der Waals surface area contributed by atoms with E-state index in [1.54, 1.807) is 30.5 Å². The van der Waals surface area contributed by atoms with Crippen molar-refractivity contribution in [2.24, 2.45) is 0 Å². The van der Waals surface area contributed by atoms with Crippen LogP contribution in [-0.2, 0) is 0 Å². The topological polar surface area (TPSA) is 67.2 Å². The molecule has 0 aliphatic carbocycles. The molecule has 0 aliphatic heterocycles. The van der Waals surface area contributed by atoms with Crippen molar-refractivity contribution in [2.75, 3.05) is 10.6 Å². The molecule has 0 spiro atoms. The summed E-state index contributed by atoms with van der Waals surface area (Å²) in [6.45, 7) is 1.98. The average Bonchev–Trinajstić information content (AvgIpc) is 3.07. The summed E-state index contributed by atoms with van der Waals surface area (Å²) in [4.78, 5) is 16.1. The SMILES string of the molecule is Cc1ccc(Cl)cc1Nc1ccc(NC(=O)c2ccco2)cn1. The molecule has 1 aromatic carbocycles. The van der Waals surface area contributed by atoms with Crippen molar-refractivity contribution in [1.29, 1.82) is 0 Å². The quantitative estimate of drug-likeness (QED) is 0.733. The van der Waals surface area contributed by atoms with Crippen molar-refractivity contribution in [3.05, 3.63) is 71.3 Å². The summed E-state index contributed by atoms with van der Waals surface area (Å²) in [7, 11) is 0. The molecule has 2 aromatic heterocycles. The third kappa shape index (κ3) is 3.70. The van der Waals surface area contributed by atoms with Gasteiger partial charge in [-0.2, -0.15) is 0 Å². The average molecular weight is 328 g/mol. The van der Waals surface area contributed by atoms with E-state index in [0.29, 0.717) is 16.5 Å². The highest BCUT2D eigenvalue weighted by Gasteiger charge is 2.09. The number of amides is 1. The van der Waals surface area contributed by atoms with E-state index in [1.165, 1.54) is 6.26 Å². The minimum atomic E-state index is -0.316. The number of halogens is 1. The number of carbonyl (C=O) groups is 1. The minimum Gasteiger partial charge on any atom is -0.459 e. The van der Waals surface area contributed by atoms with Crippen LogP contribution in [0.5, 0.6) is 0 Å². The Morgan fingerprint density at radius 1 is 1.22 bits per heavy atom. The van der Waals surface area contributed by atoms with E-state index in [2.05, 4.69) is 15.6 Å². The summed E-state index contributed by atoms with van der Waals surface area (Å²) in [5.74, 6) is 0.594. The number of rotatable bonds is 4. The first-order valence-electron chi connectivity index (χ1n) is 6.96. The lowest BCUT2D eigenvalue weighted by atomic mass is 10.2. The van der Waals surface area contributed by atoms with E-state index in [1.807, 2.05) is 25.1 Å². The lowest BCUT2D eigenvalue weighted by molar-refractivity contribution is 0.0996. The second-order valence-electron chi connectivity index (χ2n) is 4.95. The van der Waals surface area contributed by atoms with Gasteiger partial charge in [-0.3, -0.25) is 4.79 Å². The van der Waals surface area contributed by atoms with Crippen LogP contribution in [0.2, 0.25) is 5.02 Å². The molecular formula is C17H14ClN3O2. The number of anilines is 3. The normalized spacial score (nSPS) is 10.3. The molecule has 0 unspecified atom stereocenters. The van der Waals surface area contributed by atoms with Gasteiger partial charge in [0.2, 0.25) is 0 Å². The van der Waals surface area contributed by atoms with Crippen molar-refractivity contribution in [2.45, 2.75) is 6.92 Å². The summed E-state index contributed by atoms with van der Waals surface area (Å²) in [6.07, 6.45) is 3.02. The van der Waals surface area contributed by atoms with Gasteiger partial charge >= 0.3 is 0 Å². The fourth-order valence-electron chi connectivity index (χ4n) is 2.01. The molecule has 5 nitrogen and oxygen atoms in total. The van der Waals surface area contributed by atoms with Crippen molar-refractivity contribution < 1.29 is 9.21 Å². The Labute approximate surface area is 138 Å². The maximum atomic E-state index is 11.9. The van der Waals surface area contributed by atoms with E-state index in [-0.39, 0.29) is 11.7 Å². The zero-order chi connectivity index (χ0) is 16.2. The van der Waals surface area contributed by atoms with Gasteiger partial charge in [0.05, 0.1) is 18.1 Å². The summed E-state index contributed by atoms with van der Waals surface area (Å²) < 4.78 is 5.04. The molecule has 2 heterocycles. The molecule has 23 heavy (non-hydrogen) atoms. The molecule has 0 fully saturated rings. The summed E-state index contributed by atoms with van der Waals surface area (Å²) in [5, 5.41) is 6.56. The summed E-state index contributed by atoms with van der Waals surface area (Å²) in [6, 6.07) is 12.4. The molecular weight excluding hydrogens is 314 g/mol. The number of hydrogen-bond acceptors (Lipinski definition) is 4. The Morgan fingerprint density at radius 2 is 2.09 bits per heavy atom. The summed E-state index contributed by atoms with van der Waals surface area (Å²) in [5.41, 5.74) is 2.53. The van der Waals surface area contributed by atoms with Crippen LogP contribution in [0, 0.1) is 6.92 Å². The van der Waals surface area contributed by atoms with Crippen molar-refractivity contribution >= 4 is 34.7 Å². The maximum Gasteiger partial charge on any atom is 0.291 e. The van der Waals surface area contributed by atoms with Crippen LogP contribution in [0.1, 0.15) is 16.1 Å². The maximum absolute atomic E-state index is 11.9. The van der Waals surface area contributed by atoms with Gasteiger partial charge in [0.15, 0.2) is 5.76 Å². The Balaban J connectivity index is 1.70. The number of furan rings is 1. The highest BCUT2D eigenvalue weighted by Crippen LogP contribution is 2.23. The largest absolute Gasteiger partial charge is 0.459 e. The first-order valence-corrected chi connectivity index (χ1v) is 7.34.